The van der Waals surface area contributed by atoms with Gasteiger partial charge in [0.25, 0.3) is 0 Å². The van der Waals surface area contributed by atoms with Crippen LogP contribution in [-0.4, -0.2) is 35.1 Å². The van der Waals surface area contributed by atoms with E-state index in [1.165, 1.54) is 55.2 Å². The Bertz CT molecular complexity index is 1430. The smallest absolute Gasteiger partial charge is 0.335 e. The van der Waals surface area contributed by atoms with Crippen molar-refractivity contribution in [2.24, 2.45) is 51.2 Å². The van der Waals surface area contributed by atoms with Crippen LogP contribution in [-0.2, 0) is 4.79 Å². The third-order valence-electron chi connectivity index (χ3n) is 15.1. The van der Waals surface area contributed by atoms with Gasteiger partial charge in [-0.15, -0.1) is 0 Å². The van der Waals surface area contributed by atoms with Crippen LogP contribution in [0.5, 0.6) is 0 Å². The summed E-state index contributed by atoms with van der Waals surface area (Å²) in [6.07, 6.45) is 13.4. The van der Waals surface area contributed by atoms with Crippen LogP contribution in [0.25, 0.3) is 5.57 Å². The highest BCUT2D eigenvalue weighted by atomic mass is 16.4. The van der Waals surface area contributed by atoms with Gasteiger partial charge < -0.3 is 15.7 Å². The molecule has 5 aliphatic rings. The van der Waals surface area contributed by atoms with Crippen LogP contribution in [0.4, 0.5) is 0 Å². The molecule has 1 aromatic rings. The molecule has 0 heterocycles. The highest BCUT2D eigenvalue weighted by molar-refractivity contribution is 5.88. The molecule has 3 N–H and O–H groups in total. The summed E-state index contributed by atoms with van der Waals surface area (Å²) in [4.78, 5) is 24.4. The molecule has 6 rings (SSSR count). The fourth-order valence-corrected chi connectivity index (χ4v) is 13.0. The van der Waals surface area contributed by atoms with E-state index >= 15 is 0 Å². The van der Waals surface area contributed by atoms with Gasteiger partial charge in [-0.1, -0.05) is 65.0 Å². The number of benzene rings is 1. The van der Waals surface area contributed by atoms with Gasteiger partial charge in [-0.2, -0.15) is 0 Å². The summed E-state index contributed by atoms with van der Waals surface area (Å²) < 4.78 is 0. The van der Waals surface area contributed by atoms with E-state index in [4.69, 9.17) is 0 Å². The average Bonchev–Trinajstić information content (AvgIpc) is 3.36. The number of hydrogen-bond acceptors (Lipinski definition) is 3. The second kappa shape index (κ2) is 11.3. The molecule has 4 saturated carbocycles. The van der Waals surface area contributed by atoms with Crippen LogP contribution >= 0.6 is 0 Å². The van der Waals surface area contributed by atoms with Crippen molar-refractivity contribution in [2.45, 2.75) is 125 Å². The summed E-state index contributed by atoms with van der Waals surface area (Å²) in [5, 5.41) is 16.5. The minimum Gasteiger partial charge on any atom is -0.478 e. The van der Waals surface area contributed by atoms with Gasteiger partial charge in [0.05, 0.1) is 12.1 Å². The van der Waals surface area contributed by atoms with E-state index in [2.05, 4.69) is 64.8 Å². The van der Waals surface area contributed by atoms with Gasteiger partial charge in [-0.25, -0.2) is 4.79 Å². The van der Waals surface area contributed by atoms with Crippen molar-refractivity contribution in [1.82, 2.24) is 10.6 Å². The summed E-state index contributed by atoms with van der Waals surface area (Å²) in [5.41, 5.74) is 5.00. The highest BCUT2D eigenvalue weighted by Crippen LogP contribution is 2.76. The molecule has 0 aliphatic heterocycles. The highest BCUT2D eigenvalue weighted by Gasteiger charge is 2.70. The van der Waals surface area contributed by atoms with Gasteiger partial charge >= 0.3 is 5.97 Å². The molecule has 46 heavy (non-hydrogen) atoms. The molecule has 1 amide bonds. The Morgan fingerprint density at radius 1 is 0.913 bits per heavy atom. The monoisotopic (exact) mass is 628 g/mol. The molecule has 9 atom stereocenters. The number of carboxylic acid groups (broad SMARTS) is 1. The van der Waals surface area contributed by atoms with E-state index in [0.717, 1.165) is 19.3 Å². The minimum atomic E-state index is -0.869. The Balaban J connectivity index is 1.31. The lowest BCUT2D eigenvalue weighted by molar-refractivity contribution is -0.219. The standard InChI is InChI=1S/C41H60N2O3/c1-25(2)29-16-21-41(42-24-34(44)43-26(3)4)23-22-39(8)31(35(29)41)14-15-33-38(7)19-17-30(27-10-12-28(13-11-27)36(45)46)37(5,6)32(38)18-20-40(33,39)9/h10-13,17,26,29,31-33,35,42H,1,14-16,18-24H2,2-9H3,(H,43,44)(H,45,46)/t29-,31+,32-,33+,35+,38-,39+,40+,41?/m0/s1. The predicted octanol–water partition coefficient (Wildman–Crippen LogP) is 8.90. The lowest BCUT2D eigenvalue weighted by atomic mass is 9.33. The van der Waals surface area contributed by atoms with Crippen LogP contribution < -0.4 is 10.6 Å². The van der Waals surface area contributed by atoms with E-state index < -0.39 is 5.97 Å². The molecule has 5 heteroatoms. The molecular formula is C41H60N2O3. The number of nitrogens with one attached hydrogen (secondary N) is 2. The van der Waals surface area contributed by atoms with Crippen molar-refractivity contribution in [3.63, 3.8) is 0 Å². The molecular weight excluding hydrogens is 568 g/mol. The molecule has 1 unspecified atom stereocenters. The number of allylic oxidation sites excluding steroid dienone is 3. The molecule has 0 saturated heterocycles. The van der Waals surface area contributed by atoms with Crippen LogP contribution in [0.15, 0.2) is 42.5 Å². The molecule has 0 radical (unpaired) electrons. The number of fused-ring (bicyclic) bond motifs is 7. The van der Waals surface area contributed by atoms with Gasteiger partial charge in [0.2, 0.25) is 5.91 Å². The first-order chi connectivity index (χ1) is 21.5. The number of carbonyl (C=O) groups is 2. The van der Waals surface area contributed by atoms with Crippen LogP contribution in [0.3, 0.4) is 0 Å². The predicted molar refractivity (Wildman–Crippen MR) is 187 cm³/mol. The molecule has 0 aromatic heterocycles. The number of carbonyl (C=O) groups excluding carboxylic acids is 1. The van der Waals surface area contributed by atoms with Crippen molar-refractivity contribution in [3.05, 3.63) is 53.6 Å². The van der Waals surface area contributed by atoms with E-state index in [1.807, 2.05) is 26.0 Å². The molecule has 0 bridgehead atoms. The van der Waals surface area contributed by atoms with Crippen molar-refractivity contribution in [2.75, 3.05) is 6.54 Å². The zero-order valence-electron chi connectivity index (χ0n) is 29.9. The zero-order valence-corrected chi connectivity index (χ0v) is 29.9. The Labute approximate surface area is 278 Å². The molecule has 252 valence electrons. The fraction of sp³-hybridized carbons (Fsp3) is 0.707. The first-order valence-electron chi connectivity index (χ1n) is 18.2. The van der Waals surface area contributed by atoms with Gasteiger partial charge in [0, 0.05) is 11.6 Å². The number of amides is 1. The Morgan fingerprint density at radius 2 is 1.61 bits per heavy atom. The van der Waals surface area contributed by atoms with Crippen molar-refractivity contribution in [3.8, 4) is 0 Å². The Kier molecular flexibility index (Phi) is 8.26. The van der Waals surface area contributed by atoms with Crippen LogP contribution in [0.2, 0.25) is 0 Å². The second-order valence-electron chi connectivity index (χ2n) is 17.8. The number of hydrogen-bond donors (Lipinski definition) is 3. The lowest BCUT2D eigenvalue weighted by Crippen LogP contribution is -2.68. The van der Waals surface area contributed by atoms with Gasteiger partial charge in [0.15, 0.2) is 0 Å². The van der Waals surface area contributed by atoms with Crippen LogP contribution in [0, 0.1) is 51.2 Å². The normalized spacial score (nSPS) is 41.0. The van der Waals surface area contributed by atoms with Gasteiger partial charge in [-0.3, -0.25) is 4.79 Å². The molecule has 1 aromatic carbocycles. The first kappa shape index (κ1) is 33.5. The summed E-state index contributed by atoms with van der Waals surface area (Å²) in [7, 11) is 0. The fourth-order valence-electron chi connectivity index (χ4n) is 13.0. The van der Waals surface area contributed by atoms with E-state index in [1.54, 1.807) is 12.1 Å². The van der Waals surface area contributed by atoms with Gasteiger partial charge in [-0.05, 0) is 153 Å². The third kappa shape index (κ3) is 4.88. The Hall–Kier alpha value is -2.40. The van der Waals surface area contributed by atoms with Crippen molar-refractivity contribution < 1.29 is 14.7 Å². The third-order valence-corrected chi connectivity index (χ3v) is 15.1. The number of aromatic carboxylic acids is 1. The quantitative estimate of drug-likeness (QED) is 0.264. The molecule has 5 nitrogen and oxygen atoms in total. The number of rotatable bonds is 7. The summed E-state index contributed by atoms with van der Waals surface area (Å²) in [6, 6.07) is 7.72. The maximum atomic E-state index is 12.8. The summed E-state index contributed by atoms with van der Waals surface area (Å²) in [6.45, 7) is 24.2. The maximum absolute atomic E-state index is 12.8. The van der Waals surface area contributed by atoms with Gasteiger partial charge in [0.1, 0.15) is 0 Å². The van der Waals surface area contributed by atoms with E-state index in [-0.39, 0.29) is 39.1 Å². The largest absolute Gasteiger partial charge is 0.478 e. The van der Waals surface area contributed by atoms with E-state index in [9.17, 15) is 14.7 Å². The summed E-state index contributed by atoms with van der Waals surface area (Å²) in [5.74, 6) is 2.16. The van der Waals surface area contributed by atoms with Crippen LogP contribution in [0.1, 0.15) is 129 Å². The molecule has 4 fully saturated rings. The summed E-state index contributed by atoms with van der Waals surface area (Å²) >= 11 is 0. The van der Waals surface area contributed by atoms with Crippen molar-refractivity contribution >= 4 is 17.4 Å². The topological polar surface area (TPSA) is 78.4 Å². The van der Waals surface area contributed by atoms with E-state index in [0.29, 0.717) is 41.7 Å². The maximum Gasteiger partial charge on any atom is 0.335 e. The average molecular weight is 629 g/mol. The minimum absolute atomic E-state index is 0.00945. The molecule has 5 aliphatic carbocycles. The van der Waals surface area contributed by atoms with Crippen molar-refractivity contribution in [1.29, 1.82) is 0 Å². The first-order valence-corrected chi connectivity index (χ1v) is 18.2. The lowest BCUT2D eigenvalue weighted by Gasteiger charge is -2.72. The molecule has 0 spiro atoms. The number of carboxylic acids is 1. The zero-order chi connectivity index (χ0) is 33.4. The Morgan fingerprint density at radius 3 is 2.24 bits per heavy atom. The SMILES string of the molecule is C=C(C)[C@@H]1CCC2(NCC(=O)NC(C)C)CC[C@]3(C)[C@H](CC[C@@H]4[C@@]5(C)CC=C(c6ccc(C(=O)O)cc6)C(C)(C)[C@@H]5CC[C@]43C)[C@@H]12. The second-order valence-corrected chi connectivity index (χ2v) is 17.8.